The Hall–Kier alpha value is -1.54. The normalized spacial score (nSPS) is 11.5. The molecule has 0 aliphatic heterocycles. The van der Waals surface area contributed by atoms with Crippen molar-refractivity contribution >= 4 is 33.3 Å². The molecule has 0 radical (unpaired) electrons. The summed E-state index contributed by atoms with van der Waals surface area (Å²) in [6.45, 7) is 4.28. The maximum Gasteiger partial charge on any atom is 0.0337 e. The lowest BCUT2D eigenvalue weighted by molar-refractivity contribution is 1.42. The lowest BCUT2D eigenvalue weighted by atomic mass is 10.0. The van der Waals surface area contributed by atoms with Gasteiger partial charge in [-0.25, -0.2) is 0 Å². The van der Waals surface area contributed by atoms with E-state index in [0.717, 1.165) is 10.2 Å². The van der Waals surface area contributed by atoms with E-state index in [-0.39, 0.29) is 0 Å². The van der Waals surface area contributed by atoms with E-state index in [4.69, 9.17) is 0 Å². The van der Waals surface area contributed by atoms with Crippen molar-refractivity contribution in [3.8, 4) is 0 Å². The topological polar surface area (TPSA) is 12.0 Å². The molecule has 0 aliphatic carbocycles. The standard InChI is InChI=1S/C17H18BrN/c1-12-4-7-16(18)11-15(12)10-13(2)14-5-8-17(19-3)9-6-14/h4-11,19H,1-3H3/b13-10+. The van der Waals surface area contributed by atoms with Crippen LogP contribution in [0.4, 0.5) is 5.69 Å². The minimum absolute atomic E-state index is 1.11. The number of rotatable bonds is 3. The molecule has 0 fully saturated rings. The molecule has 0 aliphatic rings. The number of hydrogen-bond acceptors (Lipinski definition) is 1. The summed E-state index contributed by atoms with van der Waals surface area (Å²) >= 11 is 3.52. The van der Waals surface area contributed by atoms with Crippen molar-refractivity contribution in [1.82, 2.24) is 0 Å². The molecule has 2 rings (SSSR count). The van der Waals surface area contributed by atoms with Gasteiger partial charge in [0.15, 0.2) is 0 Å². The zero-order valence-electron chi connectivity index (χ0n) is 11.5. The lowest BCUT2D eigenvalue weighted by Gasteiger charge is -2.06. The average molecular weight is 316 g/mol. The van der Waals surface area contributed by atoms with Crippen molar-refractivity contribution in [2.45, 2.75) is 13.8 Å². The van der Waals surface area contributed by atoms with Gasteiger partial charge >= 0.3 is 0 Å². The van der Waals surface area contributed by atoms with E-state index in [1.165, 1.54) is 22.3 Å². The summed E-state index contributed by atoms with van der Waals surface area (Å²) in [6, 6.07) is 14.8. The number of halogens is 1. The Morgan fingerprint density at radius 3 is 2.42 bits per heavy atom. The van der Waals surface area contributed by atoms with Crippen LogP contribution in [-0.2, 0) is 0 Å². The van der Waals surface area contributed by atoms with Gasteiger partial charge in [0.2, 0.25) is 0 Å². The fourth-order valence-electron chi connectivity index (χ4n) is 1.98. The van der Waals surface area contributed by atoms with Crippen molar-refractivity contribution < 1.29 is 0 Å². The summed E-state index contributed by atoms with van der Waals surface area (Å²) < 4.78 is 1.11. The summed E-state index contributed by atoms with van der Waals surface area (Å²) in [7, 11) is 1.93. The Kier molecular flexibility index (Phi) is 4.43. The first-order chi connectivity index (χ1) is 9.10. The molecule has 1 nitrogen and oxygen atoms in total. The molecule has 2 aromatic rings. The van der Waals surface area contributed by atoms with E-state index in [2.05, 4.69) is 83.6 Å². The molecule has 0 amide bonds. The monoisotopic (exact) mass is 315 g/mol. The molecule has 1 N–H and O–H groups in total. The first kappa shape index (κ1) is 13.9. The Morgan fingerprint density at radius 2 is 1.79 bits per heavy atom. The van der Waals surface area contributed by atoms with Crippen LogP contribution in [0.3, 0.4) is 0 Å². The van der Waals surface area contributed by atoms with Gasteiger partial charge in [-0.2, -0.15) is 0 Å². The highest BCUT2D eigenvalue weighted by Gasteiger charge is 2.00. The van der Waals surface area contributed by atoms with Crippen molar-refractivity contribution in [1.29, 1.82) is 0 Å². The molecule has 98 valence electrons. The Balaban J connectivity index is 2.33. The molecule has 0 saturated carbocycles. The van der Waals surface area contributed by atoms with Crippen LogP contribution in [0.25, 0.3) is 11.6 Å². The SMILES string of the molecule is CNc1ccc(/C(C)=C/c2cc(Br)ccc2C)cc1. The summed E-state index contributed by atoms with van der Waals surface area (Å²) in [4.78, 5) is 0. The smallest absolute Gasteiger partial charge is 0.0337 e. The predicted molar refractivity (Wildman–Crippen MR) is 88.4 cm³/mol. The van der Waals surface area contributed by atoms with Crippen molar-refractivity contribution in [3.63, 3.8) is 0 Å². The zero-order valence-corrected chi connectivity index (χ0v) is 13.1. The van der Waals surface area contributed by atoms with Gasteiger partial charge in [-0.3, -0.25) is 0 Å². The Bertz CT molecular complexity index is 597. The lowest BCUT2D eigenvalue weighted by Crippen LogP contribution is -1.88. The van der Waals surface area contributed by atoms with Crippen LogP contribution in [0.5, 0.6) is 0 Å². The maximum absolute atomic E-state index is 3.52. The molecule has 0 bridgehead atoms. The van der Waals surface area contributed by atoms with Crippen LogP contribution in [0, 0.1) is 6.92 Å². The molecule has 0 atom stereocenters. The third-order valence-corrected chi connectivity index (χ3v) is 3.74. The first-order valence-electron chi connectivity index (χ1n) is 6.33. The van der Waals surface area contributed by atoms with Gasteiger partial charge in [-0.1, -0.05) is 40.2 Å². The number of allylic oxidation sites excluding steroid dienone is 1. The van der Waals surface area contributed by atoms with Gasteiger partial charge in [-0.05, 0) is 60.4 Å². The number of aryl methyl sites for hydroxylation is 1. The van der Waals surface area contributed by atoms with Gasteiger partial charge in [0, 0.05) is 17.2 Å². The number of benzene rings is 2. The van der Waals surface area contributed by atoms with E-state index in [1.807, 2.05) is 7.05 Å². The van der Waals surface area contributed by atoms with Crippen molar-refractivity contribution in [3.05, 3.63) is 63.6 Å². The molecule has 0 unspecified atom stereocenters. The van der Waals surface area contributed by atoms with E-state index in [9.17, 15) is 0 Å². The first-order valence-corrected chi connectivity index (χ1v) is 7.12. The van der Waals surface area contributed by atoms with Gasteiger partial charge in [0.25, 0.3) is 0 Å². The van der Waals surface area contributed by atoms with Gasteiger partial charge in [-0.15, -0.1) is 0 Å². The van der Waals surface area contributed by atoms with Crippen LogP contribution in [-0.4, -0.2) is 7.05 Å². The van der Waals surface area contributed by atoms with E-state index in [1.54, 1.807) is 0 Å². The van der Waals surface area contributed by atoms with Crippen molar-refractivity contribution in [2.24, 2.45) is 0 Å². The maximum atomic E-state index is 3.52. The van der Waals surface area contributed by atoms with E-state index >= 15 is 0 Å². The number of nitrogens with one attached hydrogen (secondary N) is 1. The predicted octanol–water partition coefficient (Wildman–Crippen LogP) is 5.36. The summed E-state index contributed by atoms with van der Waals surface area (Å²) in [5.41, 5.74) is 6.19. The number of hydrogen-bond donors (Lipinski definition) is 1. The average Bonchev–Trinajstić information content (AvgIpc) is 2.43. The molecule has 19 heavy (non-hydrogen) atoms. The van der Waals surface area contributed by atoms with E-state index in [0.29, 0.717) is 0 Å². The van der Waals surface area contributed by atoms with Crippen LogP contribution in [0.1, 0.15) is 23.6 Å². The number of anilines is 1. The summed E-state index contributed by atoms with van der Waals surface area (Å²) in [5, 5.41) is 3.13. The van der Waals surface area contributed by atoms with Crippen LogP contribution in [0.2, 0.25) is 0 Å². The van der Waals surface area contributed by atoms with Crippen LogP contribution < -0.4 is 5.32 Å². The minimum atomic E-state index is 1.11. The largest absolute Gasteiger partial charge is 0.388 e. The molecule has 0 aromatic heterocycles. The molecule has 0 heterocycles. The molecule has 0 saturated heterocycles. The second-order valence-electron chi connectivity index (χ2n) is 4.66. The van der Waals surface area contributed by atoms with Crippen LogP contribution in [0.15, 0.2) is 46.9 Å². The summed E-state index contributed by atoms with van der Waals surface area (Å²) in [5.74, 6) is 0. The second kappa shape index (κ2) is 6.07. The molecule has 2 heteroatoms. The van der Waals surface area contributed by atoms with Gasteiger partial charge < -0.3 is 5.32 Å². The highest BCUT2D eigenvalue weighted by atomic mass is 79.9. The molecule has 2 aromatic carbocycles. The molecular formula is C17H18BrN. The minimum Gasteiger partial charge on any atom is -0.388 e. The van der Waals surface area contributed by atoms with Crippen molar-refractivity contribution in [2.75, 3.05) is 12.4 Å². The Labute approximate surface area is 123 Å². The van der Waals surface area contributed by atoms with Crippen LogP contribution >= 0.6 is 15.9 Å². The fourth-order valence-corrected chi connectivity index (χ4v) is 2.36. The highest BCUT2D eigenvalue weighted by molar-refractivity contribution is 9.10. The third kappa shape index (κ3) is 3.48. The molecular weight excluding hydrogens is 298 g/mol. The summed E-state index contributed by atoms with van der Waals surface area (Å²) in [6.07, 6.45) is 2.23. The zero-order chi connectivity index (χ0) is 13.8. The van der Waals surface area contributed by atoms with Gasteiger partial charge in [0.05, 0.1) is 0 Å². The quantitative estimate of drug-likeness (QED) is 0.752. The third-order valence-electron chi connectivity index (χ3n) is 3.24. The highest BCUT2D eigenvalue weighted by Crippen LogP contribution is 2.23. The van der Waals surface area contributed by atoms with E-state index < -0.39 is 0 Å². The van der Waals surface area contributed by atoms with Gasteiger partial charge in [0.1, 0.15) is 0 Å². The Morgan fingerprint density at radius 1 is 1.11 bits per heavy atom. The fraction of sp³-hybridized carbons (Fsp3) is 0.176. The second-order valence-corrected chi connectivity index (χ2v) is 5.57. The molecule has 0 spiro atoms.